The maximum Gasteiger partial charge on any atom is 0.419 e. The molecule has 0 bridgehead atoms. The van der Waals surface area contributed by atoms with Crippen molar-refractivity contribution in [1.82, 2.24) is 4.98 Å². The Morgan fingerprint density at radius 3 is 2.72 bits per heavy atom. The monoisotopic (exact) mass is 245 g/mol. The number of nitrogens with one attached hydrogen (secondary N) is 1. The lowest BCUT2D eigenvalue weighted by atomic mass is 9.92. The minimum atomic E-state index is -0.721. The van der Waals surface area contributed by atoms with Gasteiger partial charge in [-0.15, -0.1) is 0 Å². The predicted octanol–water partition coefficient (Wildman–Crippen LogP) is 0.990. The number of aromatic nitrogens is 1. The molecule has 1 aromatic heterocycles. The molecule has 0 radical (unpaired) electrons. The molecule has 1 atom stereocenters. The molecule has 1 aliphatic rings. The summed E-state index contributed by atoms with van der Waals surface area (Å²) in [7, 11) is 0. The zero-order chi connectivity index (χ0) is 12.5. The second-order valence-electron chi connectivity index (χ2n) is 4.17. The van der Waals surface area contributed by atoms with Crippen molar-refractivity contribution in [2.24, 2.45) is 0 Å². The summed E-state index contributed by atoms with van der Waals surface area (Å²) in [6, 6.07) is 9.61. The standard InChI is InChI=1S/C13H11NO4/c15-12-10-7-17-6-9(8-4-2-1-3-5-8)11(10)14-13(16)18-12/h1-5,9H,6-7H2,(H,14,16). The van der Waals surface area contributed by atoms with Gasteiger partial charge in [-0.05, 0) is 5.56 Å². The number of aromatic amines is 1. The van der Waals surface area contributed by atoms with E-state index < -0.39 is 11.4 Å². The zero-order valence-corrected chi connectivity index (χ0v) is 9.51. The molecule has 1 aromatic carbocycles. The van der Waals surface area contributed by atoms with Crippen molar-refractivity contribution in [1.29, 1.82) is 0 Å². The number of ether oxygens (including phenoxy) is 1. The Morgan fingerprint density at radius 2 is 1.94 bits per heavy atom. The average Bonchev–Trinajstić information content (AvgIpc) is 2.39. The predicted molar refractivity (Wildman–Crippen MR) is 63.5 cm³/mol. The summed E-state index contributed by atoms with van der Waals surface area (Å²) in [5.74, 6) is -0.853. The van der Waals surface area contributed by atoms with Gasteiger partial charge in [0.25, 0.3) is 0 Å². The van der Waals surface area contributed by atoms with Gasteiger partial charge < -0.3 is 9.15 Å². The van der Waals surface area contributed by atoms with Gasteiger partial charge in [-0.3, -0.25) is 4.98 Å². The molecule has 5 nitrogen and oxygen atoms in total. The number of hydrogen-bond acceptors (Lipinski definition) is 4. The summed E-state index contributed by atoms with van der Waals surface area (Å²) in [5, 5.41) is 0. The molecule has 2 heterocycles. The van der Waals surface area contributed by atoms with Crippen LogP contribution in [0, 0.1) is 0 Å². The van der Waals surface area contributed by atoms with Crippen molar-refractivity contribution in [3.05, 3.63) is 68.1 Å². The Kier molecular flexibility index (Phi) is 2.60. The van der Waals surface area contributed by atoms with Crippen LogP contribution in [0.3, 0.4) is 0 Å². The highest BCUT2D eigenvalue weighted by Crippen LogP contribution is 2.28. The molecule has 1 aliphatic heterocycles. The molecule has 0 saturated carbocycles. The molecule has 0 amide bonds. The maximum atomic E-state index is 11.6. The van der Waals surface area contributed by atoms with Gasteiger partial charge in [0.1, 0.15) is 0 Å². The van der Waals surface area contributed by atoms with Crippen molar-refractivity contribution < 1.29 is 9.15 Å². The van der Waals surface area contributed by atoms with Gasteiger partial charge in [-0.1, -0.05) is 30.3 Å². The fraction of sp³-hybridized carbons (Fsp3) is 0.231. The minimum absolute atomic E-state index is 0.133. The van der Waals surface area contributed by atoms with Gasteiger partial charge in [-0.2, -0.15) is 0 Å². The normalized spacial score (nSPS) is 18.3. The van der Waals surface area contributed by atoms with Gasteiger partial charge >= 0.3 is 11.4 Å². The van der Waals surface area contributed by atoms with E-state index in [1.807, 2.05) is 30.3 Å². The van der Waals surface area contributed by atoms with E-state index in [0.717, 1.165) is 5.56 Å². The van der Waals surface area contributed by atoms with Crippen LogP contribution in [0.1, 0.15) is 22.7 Å². The van der Waals surface area contributed by atoms with E-state index in [1.54, 1.807) is 0 Å². The topological polar surface area (TPSA) is 72.3 Å². The molecule has 0 spiro atoms. The molecule has 0 aliphatic carbocycles. The number of H-pyrrole nitrogens is 1. The highest BCUT2D eigenvalue weighted by atomic mass is 16.5. The first kappa shape index (κ1) is 11.0. The molecule has 1 unspecified atom stereocenters. The molecule has 3 rings (SSSR count). The lowest BCUT2D eigenvalue weighted by Crippen LogP contribution is -2.30. The lowest BCUT2D eigenvalue weighted by Gasteiger charge is -2.24. The highest BCUT2D eigenvalue weighted by Gasteiger charge is 2.26. The van der Waals surface area contributed by atoms with Crippen LogP contribution in [0.5, 0.6) is 0 Å². The third-order valence-electron chi connectivity index (χ3n) is 3.07. The summed E-state index contributed by atoms with van der Waals surface area (Å²) in [6.45, 7) is 0.619. The van der Waals surface area contributed by atoms with Crippen LogP contribution in [-0.4, -0.2) is 11.6 Å². The Hall–Kier alpha value is -2.14. The van der Waals surface area contributed by atoms with Gasteiger partial charge in [0.15, 0.2) is 0 Å². The number of hydrogen-bond donors (Lipinski definition) is 1. The fourth-order valence-corrected chi connectivity index (χ4v) is 2.21. The van der Waals surface area contributed by atoms with E-state index in [9.17, 15) is 9.59 Å². The molecule has 0 saturated heterocycles. The zero-order valence-electron chi connectivity index (χ0n) is 9.51. The number of fused-ring (bicyclic) bond motifs is 1. The Morgan fingerprint density at radius 1 is 1.17 bits per heavy atom. The van der Waals surface area contributed by atoms with E-state index in [0.29, 0.717) is 17.9 Å². The molecular weight excluding hydrogens is 234 g/mol. The van der Waals surface area contributed by atoms with Crippen LogP contribution in [0.15, 0.2) is 44.3 Å². The molecule has 0 fully saturated rings. The van der Waals surface area contributed by atoms with Crippen LogP contribution in [0.2, 0.25) is 0 Å². The minimum Gasteiger partial charge on any atom is -0.375 e. The molecule has 2 aromatic rings. The van der Waals surface area contributed by atoms with Gasteiger partial charge in [0, 0.05) is 11.6 Å². The van der Waals surface area contributed by atoms with Gasteiger partial charge in [0.2, 0.25) is 0 Å². The van der Waals surface area contributed by atoms with Crippen LogP contribution in [0.4, 0.5) is 0 Å². The molecule has 1 N–H and O–H groups in total. The lowest BCUT2D eigenvalue weighted by molar-refractivity contribution is 0.0929. The van der Waals surface area contributed by atoms with Crippen molar-refractivity contribution >= 4 is 0 Å². The third kappa shape index (κ3) is 1.78. The van der Waals surface area contributed by atoms with Crippen molar-refractivity contribution in [3.8, 4) is 0 Å². The summed E-state index contributed by atoms with van der Waals surface area (Å²) in [5.41, 5.74) is 1.39. The summed E-state index contributed by atoms with van der Waals surface area (Å²) < 4.78 is 9.91. The first-order valence-corrected chi connectivity index (χ1v) is 5.64. The van der Waals surface area contributed by atoms with Crippen molar-refractivity contribution in [3.63, 3.8) is 0 Å². The first-order chi connectivity index (χ1) is 8.75. The van der Waals surface area contributed by atoms with Crippen LogP contribution in [0.25, 0.3) is 0 Å². The Labute approximate surface area is 102 Å². The Bertz CT molecular complexity index is 671. The van der Waals surface area contributed by atoms with Crippen LogP contribution < -0.4 is 11.4 Å². The van der Waals surface area contributed by atoms with Gasteiger partial charge in [0.05, 0.1) is 18.8 Å². The smallest absolute Gasteiger partial charge is 0.375 e. The van der Waals surface area contributed by atoms with Crippen LogP contribution in [-0.2, 0) is 11.3 Å². The van der Waals surface area contributed by atoms with Crippen molar-refractivity contribution in [2.45, 2.75) is 12.5 Å². The number of benzene rings is 1. The maximum absolute atomic E-state index is 11.6. The van der Waals surface area contributed by atoms with Crippen molar-refractivity contribution in [2.75, 3.05) is 6.61 Å². The molecular formula is C13H11NO4. The van der Waals surface area contributed by atoms with E-state index in [2.05, 4.69) is 9.40 Å². The van der Waals surface area contributed by atoms with Gasteiger partial charge in [-0.25, -0.2) is 9.59 Å². The molecule has 92 valence electrons. The van der Waals surface area contributed by atoms with E-state index in [1.165, 1.54) is 0 Å². The third-order valence-corrected chi connectivity index (χ3v) is 3.07. The number of rotatable bonds is 1. The second-order valence-corrected chi connectivity index (χ2v) is 4.17. The van der Waals surface area contributed by atoms with E-state index in [4.69, 9.17) is 4.74 Å². The van der Waals surface area contributed by atoms with E-state index in [-0.39, 0.29) is 12.5 Å². The molecule has 5 heteroatoms. The SMILES string of the molecule is O=c1[nH]c2c(c(=O)o1)COCC2c1ccccc1. The quantitative estimate of drug-likeness (QED) is 0.813. The largest absolute Gasteiger partial charge is 0.419 e. The summed E-state index contributed by atoms with van der Waals surface area (Å²) in [6.07, 6.45) is 0. The summed E-state index contributed by atoms with van der Waals surface area (Å²) >= 11 is 0. The molecule has 18 heavy (non-hydrogen) atoms. The first-order valence-electron chi connectivity index (χ1n) is 5.64. The summed E-state index contributed by atoms with van der Waals surface area (Å²) in [4.78, 5) is 25.5. The second kappa shape index (κ2) is 4.27. The average molecular weight is 245 g/mol. The highest BCUT2D eigenvalue weighted by molar-refractivity contribution is 5.33. The van der Waals surface area contributed by atoms with Crippen LogP contribution >= 0.6 is 0 Å². The fourth-order valence-electron chi connectivity index (χ4n) is 2.21. The Balaban J connectivity index is 2.18. The van der Waals surface area contributed by atoms with E-state index >= 15 is 0 Å².